The van der Waals surface area contributed by atoms with E-state index in [4.69, 9.17) is 0 Å². The Morgan fingerprint density at radius 3 is 2.50 bits per heavy atom. The largest absolute Gasteiger partial charge is 0.351 e. The lowest BCUT2D eigenvalue weighted by atomic mass is 9.92. The van der Waals surface area contributed by atoms with Gasteiger partial charge in [-0.1, -0.05) is 0 Å². The number of amides is 2. The fourth-order valence-corrected chi connectivity index (χ4v) is 3.01. The molecule has 0 aromatic carbocycles. The maximum atomic E-state index is 12.4. The molecule has 1 aliphatic heterocycles. The maximum absolute atomic E-state index is 12.4. The number of hydrogen-bond donors (Lipinski definition) is 1. The molecule has 0 saturated carbocycles. The maximum Gasteiger partial charge on any atom is 0.272 e. The number of nitrogens with zero attached hydrogens (tertiary/aromatic N) is 5. The molecule has 8 nitrogen and oxygen atoms in total. The lowest BCUT2D eigenvalue weighted by Gasteiger charge is -2.31. The van der Waals surface area contributed by atoms with Crippen LogP contribution in [0.4, 0.5) is 0 Å². The van der Waals surface area contributed by atoms with E-state index in [1.807, 2.05) is 4.90 Å². The monoisotopic (exact) mass is 354 g/mol. The zero-order chi connectivity index (χ0) is 18.4. The Hall–Kier alpha value is -2.90. The summed E-state index contributed by atoms with van der Waals surface area (Å²) in [7, 11) is 0. The molecule has 8 heteroatoms. The van der Waals surface area contributed by atoms with E-state index in [0.717, 1.165) is 43.7 Å². The van der Waals surface area contributed by atoms with E-state index in [0.29, 0.717) is 18.2 Å². The van der Waals surface area contributed by atoms with Gasteiger partial charge in [-0.3, -0.25) is 19.6 Å². The lowest BCUT2D eigenvalue weighted by molar-refractivity contribution is -0.119. The van der Waals surface area contributed by atoms with Crippen molar-refractivity contribution >= 4 is 11.8 Å². The van der Waals surface area contributed by atoms with Gasteiger partial charge in [0.25, 0.3) is 5.91 Å². The van der Waals surface area contributed by atoms with Crippen molar-refractivity contribution in [1.82, 2.24) is 30.2 Å². The number of carbonyl (C=O) groups excluding carboxylic acids is 2. The van der Waals surface area contributed by atoms with Gasteiger partial charge in [0.1, 0.15) is 12.0 Å². The molecule has 0 bridgehead atoms. The van der Waals surface area contributed by atoms with Crippen molar-refractivity contribution in [1.29, 1.82) is 0 Å². The van der Waals surface area contributed by atoms with Crippen molar-refractivity contribution in [2.24, 2.45) is 5.92 Å². The third kappa shape index (κ3) is 4.81. The highest BCUT2D eigenvalue weighted by Crippen LogP contribution is 2.21. The molecule has 1 saturated heterocycles. The summed E-state index contributed by atoms with van der Waals surface area (Å²) >= 11 is 0. The number of likely N-dealkylation sites (tertiary alicyclic amines) is 1. The Kier molecular flexibility index (Phi) is 5.83. The predicted octanol–water partition coefficient (Wildman–Crippen LogP) is 0.998. The molecule has 2 amide bonds. The quantitative estimate of drug-likeness (QED) is 0.859. The highest BCUT2D eigenvalue weighted by molar-refractivity contribution is 5.92. The first-order chi connectivity index (χ1) is 12.6. The third-order valence-corrected chi connectivity index (χ3v) is 4.48. The van der Waals surface area contributed by atoms with Crippen molar-refractivity contribution < 1.29 is 9.59 Å². The van der Waals surface area contributed by atoms with Gasteiger partial charge in [0.05, 0.1) is 24.1 Å². The topological polar surface area (TPSA) is 101 Å². The Labute approximate surface area is 152 Å². The molecule has 2 aromatic heterocycles. The summed E-state index contributed by atoms with van der Waals surface area (Å²) in [5.41, 5.74) is 2.13. The van der Waals surface area contributed by atoms with Gasteiger partial charge in [-0.25, -0.2) is 9.97 Å². The van der Waals surface area contributed by atoms with Crippen LogP contribution in [0.25, 0.3) is 0 Å². The van der Waals surface area contributed by atoms with Gasteiger partial charge in [0, 0.05) is 32.4 Å². The number of carbonyl (C=O) groups is 2. The zero-order valence-corrected chi connectivity index (χ0v) is 14.8. The lowest BCUT2D eigenvalue weighted by Crippen LogP contribution is -2.39. The van der Waals surface area contributed by atoms with Crippen molar-refractivity contribution in [2.75, 3.05) is 13.1 Å². The number of piperidine rings is 1. The van der Waals surface area contributed by atoms with Crippen molar-refractivity contribution in [3.8, 4) is 0 Å². The molecule has 26 heavy (non-hydrogen) atoms. The van der Waals surface area contributed by atoms with E-state index in [-0.39, 0.29) is 11.8 Å². The minimum atomic E-state index is -0.0841. The van der Waals surface area contributed by atoms with Gasteiger partial charge in [-0.2, -0.15) is 0 Å². The van der Waals surface area contributed by atoms with Crippen molar-refractivity contribution in [3.63, 3.8) is 0 Å². The number of rotatable bonds is 5. The normalized spacial score (nSPS) is 14.9. The number of aromatic nitrogens is 4. The minimum Gasteiger partial charge on any atom is -0.351 e. The van der Waals surface area contributed by atoms with Crippen LogP contribution < -0.4 is 5.32 Å². The third-order valence-electron chi connectivity index (χ3n) is 4.48. The van der Waals surface area contributed by atoms with Gasteiger partial charge < -0.3 is 10.2 Å². The van der Waals surface area contributed by atoms with E-state index in [2.05, 4.69) is 25.3 Å². The van der Waals surface area contributed by atoms with Crippen LogP contribution in [0.5, 0.6) is 0 Å². The molecule has 0 atom stereocenters. The van der Waals surface area contributed by atoms with Crippen molar-refractivity contribution in [3.05, 3.63) is 48.1 Å². The summed E-state index contributed by atoms with van der Waals surface area (Å²) in [5.74, 6) is 0.368. The van der Waals surface area contributed by atoms with Gasteiger partial charge in [0.2, 0.25) is 5.91 Å². The molecular formula is C18H22N6O2. The summed E-state index contributed by atoms with van der Waals surface area (Å²) < 4.78 is 0. The first-order valence-corrected chi connectivity index (χ1v) is 8.71. The predicted molar refractivity (Wildman–Crippen MR) is 93.9 cm³/mol. The molecule has 0 aliphatic carbocycles. The Balaban J connectivity index is 1.48. The van der Waals surface area contributed by atoms with Crippen molar-refractivity contribution in [2.45, 2.75) is 32.7 Å². The fraction of sp³-hybridized carbons (Fsp3) is 0.444. The van der Waals surface area contributed by atoms with E-state index >= 15 is 0 Å². The first kappa shape index (κ1) is 17.9. The molecular weight excluding hydrogens is 332 g/mol. The van der Waals surface area contributed by atoms with Gasteiger partial charge in [-0.15, -0.1) is 0 Å². The number of hydrogen-bond acceptors (Lipinski definition) is 6. The van der Waals surface area contributed by atoms with Crippen LogP contribution in [0.15, 0.2) is 31.0 Å². The standard InChI is InChI=1S/C18H22N6O2/c1-13(25)20-10-16-11-21-15(9-22-16)8-14-3-6-24(7-4-14)18(26)17-2-5-19-12-23-17/h2,5,9,11-12,14H,3-4,6-8,10H2,1H3,(H,20,25). The summed E-state index contributed by atoms with van der Waals surface area (Å²) in [6.45, 7) is 3.32. The average Bonchev–Trinajstić information content (AvgIpc) is 2.68. The molecule has 136 valence electrons. The summed E-state index contributed by atoms with van der Waals surface area (Å²) in [6, 6.07) is 1.65. The zero-order valence-electron chi connectivity index (χ0n) is 14.8. The second-order valence-corrected chi connectivity index (χ2v) is 6.44. The van der Waals surface area contributed by atoms with E-state index in [9.17, 15) is 9.59 Å². The molecule has 1 fully saturated rings. The van der Waals surface area contributed by atoms with E-state index in [1.165, 1.54) is 13.3 Å². The Morgan fingerprint density at radius 1 is 1.15 bits per heavy atom. The molecule has 0 unspecified atom stereocenters. The first-order valence-electron chi connectivity index (χ1n) is 8.71. The molecule has 0 radical (unpaired) electrons. The minimum absolute atomic E-state index is 0.0343. The Morgan fingerprint density at radius 2 is 1.88 bits per heavy atom. The van der Waals surface area contributed by atoms with Crippen LogP contribution in [0, 0.1) is 5.92 Å². The van der Waals surface area contributed by atoms with Crippen LogP contribution in [0.2, 0.25) is 0 Å². The van der Waals surface area contributed by atoms with Crippen LogP contribution >= 0.6 is 0 Å². The van der Waals surface area contributed by atoms with Gasteiger partial charge in [0.15, 0.2) is 0 Å². The Bertz CT molecular complexity index is 742. The van der Waals surface area contributed by atoms with Crippen LogP contribution in [-0.2, 0) is 17.8 Å². The summed E-state index contributed by atoms with van der Waals surface area (Å²) in [4.78, 5) is 41.8. The molecule has 1 aliphatic rings. The average molecular weight is 354 g/mol. The van der Waals surface area contributed by atoms with Gasteiger partial charge >= 0.3 is 0 Å². The summed E-state index contributed by atoms with van der Waals surface area (Å²) in [6.07, 6.45) is 9.19. The molecule has 0 spiro atoms. The fourth-order valence-electron chi connectivity index (χ4n) is 3.01. The summed E-state index contributed by atoms with van der Waals surface area (Å²) in [5, 5.41) is 2.70. The van der Waals surface area contributed by atoms with Crippen LogP contribution in [0.3, 0.4) is 0 Å². The molecule has 2 aromatic rings. The second-order valence-electron chi connectivity index (χ2n) is 6.44. The number of nitrogens with one attached hydrogen (secondary N) is 1. The second kappa shape index (κ2) is 8.46. The SMILES string of the molecule is CC(=O)NCc1cnc(CC2CCN(C(=O)c3ccncn3)CC2)cn1. The highest BCUT2D eigenvalue weighted by atomic mass is 16.2. The van der Waals surface area contributed by atoms with Gasteiger partial charge in [-0.05, 0) is 31.2 Å². The molecule has 3 rings (SSSR count). The molecule has 3 heterocycles. The van der Waals surface area contributed by atoms with Crippen LogP contribution in [-0.4, -0.2) is 49.7 Å². The van der Waals surface area contributed by atoms with E-state index < -0.39 is 0 Å². The smallest absolute Gasteiger partial charge is 0.272 e. The molecule has 1 N–H and O–H groups in total. The van der Waals surface area contributed by atoms with E-state index in [1.54, 1.807) is 24.7 Å². The highest BCUT2D eigenvalue weighted by Gasteiger charge is 2.24. The van der Waals surface area contributed by atoms with Crippen LogP contribution in [0.1, 0.15) is 41.6 Å².